The largest absolute Gasteiger partial charge is 0.345 e. The summed E-state index contributed by atoms with van der Waals surface area (Å²) in [7, 11) is 0. The minimum Gasteiger partial charge on any atom is -0.345 e. The summed E-state index contributed by atoms with van der Waals surface area (Å²) in [5.74, 6) is -1.46. The number of nitrogens with zero attached hydrogens (tertiary/aromatic N) is 2. The van der Waals surface area contributed by atoms with E-state index in [0.29, 0.717) is 15.5 Å². The van der Waals surface area contributed by atoms with Crippen LogP contribution in [0.5, 0.6) is 0 Å². The number of carbonyl (C=O) groups is 1. The van der Waals surface area contributed by atoms with Crippen LogP contribution in [0.1, 0.15) is 15.9 Å². The number of rotatable bonds is 3. The van der Waals surface area contributed by atoms with Crippen LogP contribution < -0.4 is 0 Å². The highest BCUT2D eigenvalue weighted by molar-refractivity contribution is 9.10. The molecule has 6 nitrogen and oxygen atoms in total. The number of aromatic nitrogens is 2. The van der Waals surface area contributed by atoms with Gasteiger partial charge in [0, 0.05) is 39.9 Å². The van der Waals surface area contributed by atoms with Gasteiger partial charge >= 0.3 is 0 Å². The van der Waals surface area contributed by atoms with Crippen molar-refractivity contribution in [2.75, 3.05) is 0 Å². The molecule has 0 aliphatic heterocycles. The van der Waals surface area contributed by atoms with Crippen molar-refractivity contribution in [1.29, 1.82) is 0 Å². The zero-order valence-electron chi connectivity index (χ0n) is 10.8. The number of H-pyrrole nitrogens is 1. The van der Waals surface area contributed by atoms with Crippen LogP contribution in [0.2, 0.25) is 0 Å². The number of nitro groups is 1. The van der Waals surface area contributed by atoms with Gasteiger partial charge in [0.25, 0.3) is 5.69 Å². The van der Waals surface area contributed by atoms with Crippen molar-refractivity contribution in [3.63, 3.8) is 0 Å². The Balaban J connectivity index is 2.15. The van der Waals surface area contributed by atoms with E-state index < -0.39 is 16.5 Å². The number of non-ortho nitro benzene ring substituents is 1. The maximum absolute atomic E-state index is 13.9. The summed E-state index contributed by atoms with van der Waals surface area (Å²) in [6.07, 6.45) is 2.96. The van der Waals surface area contributed by atoms with E-state index in [4.69, 9.17) is 0 Å². The first-order valence-electron chi connectivity index (χ1n) is 6.08. The Labute approximate surface area is 131 Å². The van der Waals surface area contributed by atoms with E-state index in [1.54, 1.807) is 12.3 Å². The highest BCUT2D eigenvalue weighted by Gasteiger charge is 2.21. The molecule has 0 aliphatic rings. The number of carbonyl (C=O) groups excluding carboxylic acids is 1. The van der Waals surface area contributed by atoms with Crippen LogP contribution in [0.15, 0.2) is 41.1 Å². The third-order valence-electron chi connectivity index (χ3n) is 3.15. The number of benzene rings is 1. The standard InChI is InChI=1S/C14H7BrFN3O3/c15-7-3-9-11(6-18-14(9)17-5-7)13(20)10-4-8(19(21)22)1-2-12(10)16/h1-6H,(H,17,18). The number of halogens is 2. The molecule has 8 heteroatoms. The van der Waals surface area contributed by atoms with Crippen LogP contribution in [0.3, 0.4) is 0 Å². The predicted octanol–water partition coefficient (Wildman–Crippen LogP) is 3.60. The summed E-state index contributed by atoms with van der Waals surface area (Å²) in [5.41, 5.74) is -0.0282. The van der Waals surface area contributed by atoms with Gasteiger partial charge in [-0.2, -0.15) is 0 Å². The molecule has 0 fully saturated rings. The molecule has 0 saturated heterocycles. The molecule has 0 bridgehead atoms. The molecule has 0 spiro atoms. The van der Waals surface area contributed by atoms with Crippen molar-refractivity contribution in [3.05, 3.63) is 68.2 Å². The highest BCUT2D eigenvalue weighted by atomic mass is 79.9. The van der Waals surface area contributed by atoms with Gasteiger partial charge in [-0.05, 0) is 28.1 Å². The van der Waals surface area contributed by atoms with Crippen molar-refractivity contribution < 1.29 is 14.1 Å². The van der Waals surface area contributed by atoms with Gasteiger partial charge in [-0.15, -0.1) is 0 Å². The van der Waals surface area contributed by atoms with Gasteiger partial charge < -0.3 is 4.98 Å². The van der Waals surface area contributed by atoms with E-state index in [9.17, 15) is 19.3 Å². The van der Waals surface area contributed by atoms with Crippen molar-refractivity contribution in [2.24, 2.45) is 0 Å². The van der Waals surface area contributed by atoms with Gasteiger partial charge in [-0.1, -0.05) is 0 Å². The molecule has 0 unspecified atom stereocenters. The van der Waals surface area contributed by atoms with Gasteiger partial charge in [0.2, 0.25) is 0 Å². The Kier molecular flexibility index (Phi) is 3.45. The lowest BCUT2D eigenvalue weighted by molar-refractivity contribution is -0.384. The second kappa shape index (κ2) is 5.30. The molecule has 0 atom stereocenters. The lowest BCUT2D eigenvalue weighted by atomic mass is 10.0. The Hall–Kier alpha value is -2.61. The molecule has 22 heavy (non-hydrogen) atoms. The van der Waals surface area contributed by atoms with E-state index >= 15 is 0 Å². The summed E-state index contributed by atoms with van der Waals surface area (Å²) in [4.78, 5) is 29.5. The minimum absolute atomic E-state index is 0.197. The number of aromatic amines is 1. The molecule has 2 aromatic heterocycles. The second-order valence-electron chi connectivity index (χ2n) is 4.50. The lowest BCUT2D eigenvalue weighted by Crippen LogP contribution is -2.05. The fourth-order valence-electron chi connectivity index (χ4n) is 2.11. The van der Waals surface area contributed by atoms with E-state index in [-0.39, 0.29) is 16.8 Å². The molecular formula is C14H7BrFN3O3. The van der Waals surface area contributed by atoms with Crippen molar-refractivity contribution in [2.45, 2.75) is 0 Å². The first-order chi connectivity index (χ1) is 10.5. The van der Waals surface area contributed by atoms with Crippen molar-refractivity contribution >= 4 is 38.4 Å². The van der Waals surface area contributed by atoms with Crippen LogP contribution in [-0.2, 0) is 0 Å². The molecule has 0 saturated carbocycles. The smallest absolute Gasteiger partial charge is 0.270 e. The summed E-state index contributed by atoms with van der Waals surface area (Å²) in [6.45, 7) is 0. The van der Waals surface area contributed by atoms with E-state index in [1.807, 2.05) is 0 Å². The molecule has 1 aromatic carbocycles. The highest BCUT2D eigenvalue weighted by Crippen LogP contribution is 2.25. The fourth-order valence-corrected chi connectivity index (χ4v) is 2.44. The number of fused-ring (bicyclic) bond motifs is 1. The molecule has 110 valence electrons. The van der Waals surface area contributed by atoms with Gasteiger partial charge in [0.1, 0.15) is 11.5 Å². The van der Waals surface area contributed by atoms with Crippen LogP contribution >= 0.6 is 15.9 Å². The first-order valence-corrected chi connectivity index (χ1v) is 6.88. The topological polar surface area (TPSA) is 88.9 Å². The molecule has 0 amide bonds. The van der Waals surface area contributed by atoms with Crippen LogP contribution in [-0.4, -0.2) is 20.7 Å². The van der Waals surface area contributed by atoms with Crippen LogP contribution in [0, 0.1) is 15.9 Å². The quantitative estimate of drug-likeness (QED) is 0.437. The van der Waals surface area contributed by atoms with E-state index in [2.05, 4.69) is 25.9 Å². The Morgan fingerprint density at radius 2 is 2.09 bits per heavy atom. The maximum Gasteiger partial charge on any atom is 0.270 e. The number of pyridine rings is 1. The number of hydrogen-bond donors (Lipinski definition) is 1. The van der Waals surface area contributed by atoms with Gasteiger partial charge in [-0.25, -0.2) is 9.37 Å². The number of hydrogen-bond acceptors (Lipinski definition) is 4. The number of nitrogens with one attached hydrogen (secondary N) is 1. The summed E-state index contributed by atoms with van der Waals surface area (Å²) in [6, 6.07) is 4.52. The zero-order chi connectivity index (χ0) is 15.9. The minimum atomic E-state index is -0.812. The third-order valence-corrected chi connectivity index (χ3v) is 3.58. The van der Waals surface area contributed by atoms with Crippen molar-refractivity contribution in [3.8, 4) is 0 Å². The number of ketones is 1. The third kappa shape index (κ3) is 2.37. The van der Waals surface area contributed by atoms with Gasteiger partial charge in [-0.3, -0.25) is 14.9 Å². The van der Waals surface area contributed by atoms with Gasteiger partial charge in [0.05, 0.1) is 10.5 Å². The Morgan fingerprint density at radius 3 is 2.82 bits per heavy atom. The molecule has 1 N–H and O–H groups in total. The average molecular weight is 364 g/mol. The first kappa shape index (κ1) is 14.3. The molecule has 3 aromatic rings. The SMILES string of the molecule is O=C(c1cc([N+](=O)[O-])ccc1F)c1c[nH]c2ncc(Br)cc12. The van der Waals surface area contributed by atoms with Crippen LogP contribution in [0.25, 0.3) is 11.0 Å². The molecule has 3 rings (SSSR count). The van der Waals surface area contributed by atoms with Gasteiger partial charge in [0.15, 0.2) is 5.78 Å². The summed E-state index contributed by atoms with van der Waals surface area (Å²) in [5, 5.41) is 11.3. The fraction of sp³-hybridized carbons (Fsp3) is 0. The molecule has 0 radical (unpaired) electrons. The predicted molar refractivity (Wildman–Crippen MR) is 80.3 cm³/mol. The average Bonchev–Trinajstić information content (AvgIpc) is 2.89. The second-order valence-corrected chi connectivity index (χ2v) is 5.42. The lowest BCUT2D eigenvalue weighted by Gasteiger charge is -2.02. The maximum atomic E-state index is 13.9. The Morgan fingerprint density at radius 1 is 1.32 bits per heavy atom. The van der Waals surface area contributed by atoms with E-state index in [0.717, 1.165) is 18.2 Å². The normalized spacial score (nSPS) is 10.8. The number of nitro benzene ring substituents is 1. The van der Waals surface area contributed by atoms with Crippen LogP contribution in [0.4, 0.5) is 10.1 Å². The summed E-state index contributed by atoms with van der Waals surface area (Å²) >= 11 is 3.25. The monoisotopic (exact) mass is 363 g/mol. The molecule has 0 aliphatic carbocycles. The Bertz CT molecular complexity index is 923. The molecule has 2 heterocycles. The van der Waals surface area contributed by atoms with E-state index in [1.165, 1.54) is 6.20 Å². The zero-order valence-corrected chi connectivity index (χ0v) is 12.4. The van der Waals surface area contributed by atoms with Crippen molar-refractivity contribution in [1.82, 2.24) is 9.97 Å². The molecular weight excluding hydrogens is 357 g/mol. The summed E-state index contributed by atoms with van der Waals surface area (Å²) < 4.78 is 14.5.